The first kappa shape index (κ1) is 21.4. The van der Waals surface area contributed by atoms with Gasteiger partial charge in [0.25, 0.3) is 0 Å². The molecule has 0 fully saturated rings. The molecule has 0 aromatic heterocycles. The van der Waals surface area contributed by atoms with Crippen molar-refractivity contribution in [2.75, 3.05) is 0 Å². The van der Waals surface area contributed by atoms with Crippen molar-refractivity contribution in [3.63, 3.8) is 0 Å². The number of hydrogen-bond donors (Lipinski definition) is 0. The van der Waals surface area contributed by atoms with Crippen LogP contribution in [0, 0.1) is 5.82 Å². The molecule has 162 valence electrons. The van der Waals surface area contributed by atoms with E-state index in [1.165, 1.54) is 50.3 Å². The van der Waals surface area contributed by atoms with E-state index in [2.05, 4.69) is 105 Å². The maximum atomic E-state index is 13.2. The molecule has 33 heavy (non-hydrogen) atoms. The van der Waals surface area contributed by atoms with Gasteiger partial charge in [0.2, 0.25) is 0 Å². The van der Waals surface area contributed by atoms with Gasteiger partial charge in [0, 0.05) is 0 Å². The predicted molar refractivity (Wildman–Crippen MR) is 143 cm³/mol. The lowest BCUT2D eigenvalue weighted by Crippen LogP contribution is -2.37. The first-order chi connectivity index (χ1) is 15.9. The van der Waals surface area contributed by atoms with Crippen molar-refractivity contribution in [1.29, 1.82) is 0 Å². The molecule has 0 aliphatic heterocycles. The van der Waals surface area contributed by atoms with Gasteiger partial charge in [-0.2, -0.15) is 0 Å². The van der Waals surface area contributed by atoms with Gasteiger partial charge in [-0.1, -0.05) is 110 Å². The molecule has 5 aromatic carbocycles. The first-order valence-electron chi connectivity index (χ1n) is 11.4. The summed E-state index contributed by atoms with van der Waals surface area (Å²) in [6.45, 7) is 7.14. The Balaban J connectivity index is 1.46. The van der Waals surface area contributed by atoms with E-state index in [1.807, 2.05) is 12.1 Å². The standard InChI is InChI=1S/C31H27FSi/c1-33(2,3)31-18-14-25(15-19-31)28-11-9-26-8-10-27(20-29(26)21-28)24-6-4-22(5-7-24)23-12-16-30(32)17-13-23/h4-21H,1-3H3. The monoisotopic (exact) mass is 446 g/mol. The van der Waals surface area contributed by atoms with Gasteiger partial charge >= 0.3 is 0 Å². The summed E-state index contributed by atoms with van der Waals surface area (Å²) in [7, 11) is -1.29. The Morgan fingerprint density at radius 3 is 1.24 bits per heavy atom. The van der Waals surface area contributed by atoms with E-state index in [-0.39, 0.29) is 5.82 Å². The molecule has 0 atom stereocenters. The fraction of sp³-hybridized carbons (Fsp3) is 0.0968. The Hall–Kier alpha value is -3.49. The Kier molecular flexibility index (Phi) is 5.47. The quantitative estimate of drug-likeness (QED) is 0.243. The molecule has 5 aromatic rings. The van der Waals surface area contributed by atoms with Gasteiger partial charge in [0.15, 0.2) is 0 Å². The van der Waals surface area contributed by atoms with Crippen molar-refractivity contribution in [3.05, 3.63) is 115 Å². The lowest BCUT2D eigenvalue weighted by molar-refractivity contribution is 0.628. The third kappa shape index (κ3) is 4.53. The molecule has 0 nitrogen and oxygen atoms in total. The minimum Gasteiger partial charge on any atom is -0.207 e. The minimum absolute atomic E-state index is 0.210. The molecule has 0 heterocycles. The van der Waals surface area contributed by atoms with E-state index in [0.29, 0.717) is 0 Å². The lowest BCUT2D eigenvalue weighted by atomic mass is 9.96. The molecule has 0 spiro atoms. The Morgan fingerprint density at radius 1 is 0.424 bits per heavy atom. The van der Waals surface area contributed by atoms with Crippen LogP contribution in [-0.2, 0) is 0 Å². The molecule has 0 saturated heterocycles. The van der Waals surface area contributed by atoms with Gasteiger partial charge < -0.3 is 0 Å². The molecule has 5 rings (SSSR count). The van der Waals surface area contributed by atoms with E-state index < -0.39 is 8.07 Å². The molecule has 0 aliphatic rings. The van der Waals surface area contributed by atoms with Crippen LogP contribution in [0.15, 0.2) is 109 Å². The third-order valence-electron chi connectivity index (χ3n) is 6.32. The summed E-state index contributed by atoms with van der Waals surface area (Å²) in [6.07, 6.45) is 0. The van der Waals surface area contributed by atoms with Crippen LogP contribution in [0.2, 0.25) is 19.6 Å². The fourth-order valence-electron chi connectivity index (χ4n) is 4.27. The van der Waals surface area contributed by atoms with Crippen molar-refractivity contribution in [1.82, 2.24) is 0 Å². The van der Waals surface area contributed by atoms with E-state index >= 15 is 0 Å². The minimum atomic E-state index is -1.29. The van der Waals surface area contributed by atoms with Crippen LogP contribution in [0.4, 0.5) is 4.39 Å². The zero-order valence-corrected chi connectivity index (χ0v) is 20.3. The van der Waals surface area contributed by atoms with Gasteiger partial charge in [-0.05, 0) is 68.4 Å². The third-order valence-corrected chi connectivity index (χ3v) is 8.39. The number of rotatable bonds is 4. The summed E-state index contributed by atoms with van der Waals surface area (Å²) in [5.41, 5.74) is 6.98. The van der Waals surface area contributed by atoms with E-state index in [4.69, 9.17) is 0 Å². The van der Waals surface area contributed by atoms with Crippen LogP contribution in [0.25, 0.3) is 44.2 Å². The van der Waals surface area contributed by atoms with Gasteiger partial charge in [0.1, 0.15) is 5.82 Å². The Bertz CT molecular complexity index is 1410. The van der Waals surface area contributed by atoms with Crippen molar-refractivity contribution < 1.29 is 4.39 Å². The maximum absolute atomic E-state index is 13.2. The highest BCUT2D eigenvalue weighted by molar-refractivity contribution is 6.88. The largest absolute Gasteiger partial charge is 0.207 e. The van der Waals surface area contributed by atoms with Crippen molar-refractivity contribution in [3.8, 4) is 33.4 Å². The number of halogens is 1. The van der Waals surface area contributed by atoms with Gasteiger partial charge in [-0.25, -0.2) is 4.39 Å². The van der Waals surface area contributed by atoms with Gasteiger partial charge in [0.05, 0.1) is 8.07 Å². The summed E-state index contributed by atoms with van der Waals surface area (Å²) < 4.78 is 13.2. The summed E-state index contributed by atoms with van der Waals surface area (Å²) >= 11 is 0. The first-order valence-corrected chi connectivity index (χ1v) is 14.9. The zero-order chi connectivity index (χ0) is 23.0. The van der Waals surface area contributed by atoms with Crippen molar-refractivity contribution >= 4 is 24.0 Å². The highest BCUT2D eigenvalue weighted by atomic mass is 28.3. The van der Waals surface area contributed by atoms with Crippen molar-refractivity contribution in [2.24, 2.45) is 0 Å². The fourth-order valence-corrected chi connectivity index (χ4v) is 5.43. The molecule has 0 amide bonds. The molecule has 0 bridgehead atoms. The normalized spacial score (nSPS) is 11.6. The smallest absolute Gasteiger partial charge is 0.123 e. The lowest BCUT2D eigenvalue weighted by Gasteiger charge is -2.17. The molecule has 0 aliphatic carbocycles. The number of hydrogen-bond acceptors (Lipinski definition) is 0. The topological polar surface area (TPSA) is 0 Å². The molecule has 0 saturated carbocycles. The molecular formula is C31H27FSi. The molecule has 2 heteroatoms. The van der Waals surface area contributed by atoms with Crippen LogP contribution in [0.3, 0.4) is 0 Å². The second-order valence-corrected chi connectivity index (χ2v) is 14.8. The summed E-state index contributed by atoms with van der Waals surface area (Å²) in [5, 5.41) is 3.96. The average Bonchev–Trinajstić information content (AvgIpc) is 2.83. The molecule has 0 N–H and O–H groups in total. The van der Waals surface area contributed by atoms with Gasteiger partial charge in [-0.15, -0.1) is 0 Å². The number of benzene rings is 5. The highest BCUT2D eigenvalue weighted by Crippen LogP contribution is 2.30. The summed E-state index contributed by atoms with van der Waals surface area (Å²) in [4.78, 5) is 0. The molecule has 0 radical (unpaired) electrons. The molecule has 0 unspecified atom stereocenters. The Morgan fingerprint density at radius 2 is 0.788 bits per heavy atom. The number of fused-ring (bicyclic) bond motifs is 1. The maximum Gasteiger partial charge on any atom is 0.123 e. The van der Waals surface area contributed by atoms with Crippen LogP contribution in [0.5, 0.6) is 0 Å². The Labute approximate surface area is 196 Å². The van der Waals surface area contributed by atoms with E-state index in [0.717, 1.165) is 11.1 Å². The summed E-state index contributed by atoms with van der Waals surface area (Å²) in [5.74, 6) is -0.210. The summed E-state index contributed by atoms with van der Waals surface area (Å²) in [6, 6.07) is 37.6. The predicted octanol–water partition coefficient (Wildman–Crippen LogP) is 8.53. The second-order valence-electron chi connectivity index (χ2n) is 9.69. The van der Waals surface area contributed by atoms with Crippen LogP contribution in [-0.4, -0.2) is 8.07 Å². The highest BCUT2D eigenvalue weighted by Gasteiger charge is 2.15. The van der Waals surface area contributed by atoms with Gasteiger partial charge in [-0.3, -0.25) is 0 Å². The van der Waals surface area contributed by atoms with Crippen LogP contribution >= 0.6 is 0 Å². The zero-order valence-electron chi connectivity index (χ0n) is 19.3. The second kappa shape index (κ2) is 8.46. The van der Waals surface area contributed by atoms with Crippen molar-refractivity contribution in [2.45, 2.75) is 19.6 Å². The molecular weight excluding hydrogens is 419 g/mol. The SMILES string of the molecule is C[Si](C)(C)c1ccc(-c2ccc3ccc(-c4ccc(-c5ccc(F)cc5)cc4)cc3c2)cc1. The average molecular weight is 447 g/mol. The van der Waals surface area contributed by atoms with Crippen LogP contribution in [0.1, 0.15) is 0 Å². The van der Waals surface area contributed by atoms with Crippen LogP contribution < -0.4 is 5.19 Å². The van der Waals surface area contributed by atoms with E-state index in [1.54, 1.807) is 0 Å². The van der Waals surface area contributed by atoms with E-state index in [9.17, 15) is 4.39 Å².